The number of alkyl halides is 3. The third kappa shape index (κ3) is 6.44. The zero-order chi connectivity index (χ0) is 40.8. The van der Waals surface area contributed by atoms with E-state index in [1.165, 1.54) is 0 Å². The second-order valence-corrected chi connectivity index (χ2v) is 17.3. The Kier molecular flexibility index (Phi) is 9.19. The highest BCUT2D eigenvalue weighted by atomic mass is 31.2. The molecule has 2 heterocycles. The fraction of sp³-hybridized carbons (Fsp3) is 0.0192. The van der Waals surface area contributed by atoms with E-state index >= 15 is 13.2 Å². The van der Waals surface area contributed by atoms with Crippen molar-refractivity contribution in [3.63, 3.8) is 0 Å². The summed E-state index contributed by atoms with van der Waals surface area (Å²) in [5, 5.41) is 3.04. The minimum absolute atomic E-state index is 0.0378. The van der Waals surface area contributed by atoms with Crippen molar-refractivity contribution >= 4 is 55.8 Å². The third-order valence-electron chi connectivity index (χ3n) is 11.0. The lowest BCUT2D eigenvalue weighted by molar-refractivity contribution is -0.136. The quantitative estimate of drug-likeness (QED) is 0.119. The van der Waals surface area contributed by atoms with Crippen LogP contribution in [0.15, 0.2) is 200 Å². The molecule has 0 saturated heterocycles. The number of hydrogen-bond donors (Lipinski definition) is 0. The number of benzene rings is 8. The van der Waals surface area contributed by atoms with E-state index in [1.807, 2.05) is 182 Å². The van der Waals surface area contributed by atoms with Crippen LogP contribution in [0.2, 0.25) is 0 Å². The highest BCUT2D eigenvalue weighted by Gasteiger charge is 2.36. The summed E-state index contributed by atoms with van der Waals surface area (Å²) in [6.45, 7) is 0. The Balaban J connectivity index is 1.14. The Labute approximate surface area is 344 Å². The molecule has 0 unspecified atom stereocenters. The van der Waals surface area contributed by atoms with Crippen molar-refractivity contribution in [1.82, 2.24) is 15.0 Å². The van der Waals surface area contributed by atoms with Gasteiger partial charge in [0.25, 0.3) is 0 Å². The van der Waals surface area contributed by atoms with Crippen LogP contribution in [0, 0.1) is 0 Å². The van der Waals surface area contributed by atoms with Gasteiger partial charge < -0.3 is 4.57 Å². The summed E-state index contributed by atoms with van der Waals surface area (Å²) in [6, 6.07) is 61.4. The van der Waals surface area contributed by atoms with Crippen molar-refractivity contribution in [2.24, 2.45) is 0 Å². The van der Waals surface area contributed by atoms with Crippen LogP contribution in [-0.2, 0) is 10.7 Å². The second kappa shape index (κ2) is 14.9. The van der Waals surface area contributed by atoms with E-state index in [-0.39, 0.29) is 16.6 Å². The first-order valence-corrected chi connectivity index (χ1v) is 21.2. The average molecular weight is 804 g/mol. The molecule has 4 nitrogen and oxygen atoms in total. The van der Waals surface area contributed by atoms with Crippen LogP contribution in [-0.4, -0.2) is 15.0 Å². The topological polar surface area (TPSA) is 55.7 Å². The molecule has 10 rings (SSSR count). The van der Waals surface area contributed by atoms with Gasteiger partial charge in [-0.2, -0.15) is 13.2 Å². The summed E-state index contributed by atoms with van der Waals surface area (Å²) in [6.07, 6.45) is -4.74. The first kappa shape index (κ1) is 37.1. The van der Waals surface area contributed by atoms with Crippen LogP contribution in [0.3, 0.4) is 0 Å². The molecule has 0 amide bonds. The van der Waals surface area contributed by atoms with Crippen molar-refractivity contribution in [2.75, 3.05) is 0 Å². The van der Waals surface area contributed by atoms with Gasteiger partial charge in [0.2, 0.25) is 0 Å². The zero-order valence-electron chi connectivity index (χ0n) is 31.9. The van der Waals surface area contributed by atoms with Crippen LogP contribution >= 0.6 is 7.14 Å². The highest BCUT2D eigenvalue weighted by molar-refractivity contribution is 7.85. The van der Waals surface area contributed by atoms with E-state index in [1.54, 1.807) is 12.1 Å². The maximum absolute atomic E-state index is 15.4. The van der Waals surface area contributed by atoms with Crippen LogP contribution in [0.5, 0.6) is 0 Å². The van der Waals surface area contributed by atoms with E-state index in [0.717, 1.165) is 38.9 Å². The van der Waals surface area contributed by atoms with Crippen molar-refractivity contribution in [3.8, 4) is 44.9 Å². The summed E-state index contributed by atoms with van der Waals surface area (Å²) >= 11 is 0. The predicted molar refractivity (Wildman–Crippen MR) is 238 cm³/mol. The molecule has 0 radical (unpaired) electrons. The minimum Gasteiger partial charge on any atom is -0.309 e. The first-order valence-electron chi connectivity index (χ1n) is 19.5. The van der Waals surface area contributed by atoms with Gasteiger partial charge in [0.1, 0.15) is 0 Å². The number of nitrogens with zero attached hydrogens (tertiary/aromatic N) is 3. The summed E-state index contributed by atoms with van der Waals surface area (Å²) in [5.41, 5.74) is 5.23. The maximum Gasteiger partial charge on any atom is 0.417 e. The summed E-state index contributed by atoms with van der Waals surface area (Å²) in [4.78, 5) is 15.1. The SMILES string of the molecule is O=P(c1ccccc1)(c1ccccc1)c1ccc(-c2ccc(-c3nc4ccccc4c4c3c(C(F)(F)F)cc3nc(-c5ccccc5)c(-c5ccccc5)nc34)cc2)cc1. The van der Waals surface area contributed by atoms with Crippen molar-refractivity contribution in [2.45, 2.75) is 6.18 Å². The number of pyridine rings is 1. The molecule has 288 valence electrons. The lowest BCUT2D eigenvalue weighted by Crippen LogP contribution is -2.24. The zero-order valence-corrected chi connectivity index (χ0v) is 32.8. The molecule has 0 N–H and O–H groups in total. The van der Waals surface area contributed by atoms with E-state index in [9.17, 15) is 4.57 Å². The van der Waals surface area contributed by atoms with Gasteiger partial charge in [0.05, 0.1) is 39.2 Å². The van der Waals surface area contributed by atoms with E-state index < -0.39 is 18.9 Å². The van der Waals surface area contributed by atoms with Crippen LogP contribution in [0.25, 0.3) is 77.6 Å². The second-order valence-electron chi connectivity index (χ2n) is 14.6. The van der Waals surface area contributed by atoms with Crippen LogP contribution in [0.4, 0.5) is 13.2 Å². The van der Waals surface area contributed by atoms with Crippen LogP contribution < -0.4 is 15.9 Å². The fourth-order valence-electron chi connectivity index (χ4n) is 8.10. The van der Waals surface area contributed by atoms with Gasteiger partial charge in [-0.15, -0.1) is 0 Å². The lowest BCUT2D eigenvalue weighted by atomic mass is 9.93. The molecular formula is C52H33F3N3OP. The number of aromatic nitrogens is 3. The first-order chi connectivity index (χ1) is 29.3. The lowest BCUT2D eigenvalue weighted by Gasteiger charge is -2.20. The van der Waals surface area contributed by atoms with E-state index in [0.29, 0.717) is 44.1 Å². The standard InChI is InChI=1S/C52H33F3N3OP/c53-52(54,55)43-33-45-51(58-50(37-17-7-2-8-18-37)49(57-45)36-15-5-1-6-16-36)46-42-23-13-14-24-44(42)56-48(47(43)46)38-27-25-34(26-28-38)35-29-31-41(32-30-35)60(59,39-19-9-3-10-20-39)40-21-11-4-12-22-40/h1-33H. The number of halogens is 3. The van der Waals surface area contributed by atoms with Gasteiger partial charge in [-0.05, 0) is 23.3 Å². The van der Waals surface area contributed by atoms with Gasteiger partial charge in [-0.25, -0.2) is 15.0 Å². The third-order valence-corrected chi connectivity index (χ3v) is 14.0. The van der Waals surface area contributed by atoms with Gasteiger partial charge in [0, 0.05) is 48.8 Å². The van der Waals surface area contributed by atoms with Gasteiger partial charge in [-0.1, -0.05) is 188 Å². The Morgan fingerprint density at radius 1 is 0.383 bits per heavy atom. The molecule has 0 aliphatic carbocycles. The van der Waals surface area contributed by atoms with Crippen molar-refractivity contribution < 1.29 is 17.7 Å². The molecule has 8 aromatic carbocycles. The van der Waals surface area contributed by atoms with Gasteiger partial charge >= 0.3 is 6.18 Å². The Bertz CT molecular complexity index is 3190. The van der Waals surface area contributed by atoms with Crippen LogP contribution in [0.1, 0.15) is 5.56 Å². The largest absolute Gasteiger partial charge is 0.417 e. The molecule has 0 aliphatic rings. The molecule has 0 fully saturated rings. The monoisotopic (exact) mass is 803 g/mol. The molecule has 10 aromatic rings. The fourth-order valence-corrected chi connectivity index (χ4v) is 10.7. The van der Waals surface area contributed by atoms with Crippen molar-refractivity contribution in [3.05, 3.63) is 206 Å². The number of para-hydroxylation sites is 1. The number of fused-ring (bicyclic) bond motifs is 5. The summed E-state index contributed by atoms with van der Waals surface area (Å²) in [5.74, 6) is 0. The van der Waals surface area contributed by atoms with Gasteiger partial charge in [0.15, 0.2) is 7.14 Å². The van der Waals surface area contributed by atoms with Gasteiger partial charge in [-0.3, -0.25) is 0 Å². The summed E-state index contributed by atoms with van der Waals surface area (Å²) in [7, 11) is -3.16. The summed E-state index contributed by atoms with van der Waals surface area (Å²) < 4.78 is 61.2. The molecule has 0 bridgehead atoms. The Morgan fingerprint density at radius 2 is 0.800 bits per heavy atom. The minimum atomic E-state index is -4.74. The van der Waals surface area contributed by atoms with E-state index in [4.69, 9.17) is 15.0 Å². The molecule has 8 heteroatoms. The molecule has 60 heavy (non-hydrogen) atoms. The average Bonchev–Trinajstić information content (AvgIpc) is 3.31. The normalized spacial score (nSPS) is 12.0. The molecule has 0 atom stereocenters. The smallest absolute Gasteiger partial charge is 0.309 e. The Hall–Kier alpha value is -7.21. The molecule has 0 saturated carbocycles. The Morgan fingerprint density at radius 3 is 1.35 bits per heavy atom. The number of rotatable bonds is 7. The molecular weight excluding hydrogens is 771 g/mol. The molecule has 0 spiro atoms. The molecule has 2 aromatic heterocycles. The van der Waals surface area contributed by atoms with Crippen molar-refractivity contribution in [1.29, 1.82) is 0 Å². The molecule has 0 aliphatic heterocycles. The highest BCUT2D eigenvalue weighted by Crippen LogP contribution is 2.46. The maximum atomic E-state index is 15.4. The predicted octanol–water partition coefficient (Wildman–Crippen LogP) is 12.7. The van der Waals surface area contributed by atoms with E-state index in [2.05, 4.69) is 0 Å². The number of hydrogen-bond acceptors (Lipinski definition) is 4.